The molecule has 0 spiro atoms. The summed E-state index contributed by atoms with van der Waals surface area (Å²) < 4.78 is 31.0. The summed E-state index contributed by atoms with van der Waals surface area (Å²) in [6.45, 7) is -0.500. The van der Waals surface area contributed by atoms with Crippen LogP contribution in [0.25, 0.3) is 0 Å². The molecule has 0 saturated carbocycles. The van der Waals surface area contributed by atoms with E-state index in [9.17, 15) is 18.0 Å². The van der Waals surface area contributed by atoms with Gasteiger partial charge in [0.2, 0.25) is 15.9 Å². The number of sulfonamides is 1. The van der Waals surface area contributed by atoms with Crippen LogP contribution in [0.3, 0.4) is 0 Å². The maximum absolute atomic E-state index is 12.1. The molecule has 9 heteroatoms. The second kappa shape index (κ2) is 8.11. The maximum atomic E-state index is 12.1. The third-order valence-corrected chi connectivity index (χ3v) is 4.82. The van der Waals surface area contributed by atoms with Gasteiger partial charge in [-0.3, -0.25) is 4.79 Å². The number of ether oxygens (including phenoxy) is 1. The first kappa shape index (κ1) is 18.9. The molecular formula is C16H15ClN2O5S. The Morgan fingerprint density at radius 1 is 1.08 bits per heavy atom. The number of nitrogens with one attached hydrogen (secondary N) is 2. The predicted octanol–water partition coefficient (Wildman–Crippen LogP) is 2.04. The van der Waals surface area contributed by atoms with Gasteiger partial charge in [-0.15, -0.1) is 0 Å². The second-order valence-electron chi connectivity index (χ2n) is 4.86. The number of hydrogen-bond acceptors (Lipinski definition) is 5. The molecule has 0 saturated heterocycles. The summed E-state index contributed by atoms with van der Waals surface area (Å²) in [5.74, 6) is -1.24. The number of methoxy groups -OCH3 is 1. The first-order valence-corrected chi connectivity index (χ1v) is 8.92. The first-order chi connectivity index (χ1) is 11.8. The highest BCUT2D eigenvalue weighted by Gasteiger charge is 2.17. The Kier molecular flexibility index (Phi) is 6.13. The Balaban J connectivity index is 2.04. The Morgan fingerprint density at radius 2 is 1.72 bits per heavy atom. The fourth-order valence-corrected chi connectivity index (χ4v) is 3.04. The van der Waals surface area contributed by atoms with E-state index in [1.807, 2.05) is 0 Å². The van der Waals surface area contributed by atoms with E-state index >= 15 is 0 Å². The van der Waals surface area contributed by atoms with E-state index in [4.69, 9.17) is 11.6 Å². The molecule has 7 nitrogen and oxygen atoms in total. The van der Waals surface area contributed by atoms with Crippen LogP contribution in [0.15, 0.2) is 53.4 Å². The van der Waals surface area contributed by atoms with Gasteiger partial charge in [-0.2, -0.15) is 0 Å². The van der Waals surface area contributed by atoms with Gasteiger partial charge >= 0.3 is 5.97 Å². The molecule has 0 aliphatic rings. The van der Waals surface area contributed by atoms with Gasteiger partial charge in [0.25, 0.3) is 0 Å². The molecule has 2 aromatic carbocycles. The molecular weight excluding hydrogens is 368 g/mol. The van der Waals surface area contributed by atoms with Gasteiger partial charge in [0.05, 0.1) is 29.8 Å². The van der Waals surface area contributed by atoms with E-state index < -0.39 is 28.4 Å². The number of carbonyl (C=O) groups excluding carboxylic acids is 2. The van der Waals surface area contributed by atoms with Gasteiger partial charge in [-0.25, -0.2) is 17.9 Å². The lowest BCUT2D eigenvalue weighted by Gasteiger charge is -2.10. The van der Waals surface area contributed by atoms with Gasteiger partial charge < -0.3 is 10.1 Å². The minimum absolute atomic E-state index is 0.0142. The highest BCUT2D eigenvalue weighted by molar-refractivity contribution is 7.89. The van der Waals surface area contributed by atoms with Gasteiger partial charge in [0, 0.05) is 5.02 Å². The number of esters is 1. The van der Waals surface area contributed by atoms with Crippen LogP contribution in [-0.4, -0.2) is 33.9 Å². The molecule has 0 heterocycles. The van der Waals surface area contributed by atoms with Crippen LogP contribution in [-0.2, 0) is 19.6 Å². The number of rotatable bonds is 6. The summed E-state index contributed by atoms with van der Waals surface area (Å²) >= 11 is 5.71. The normalized spacial score (nSPS) is 11.0. The van der Waals surface area contributed by atoms with Gasteiger partial charge in [0.15, 0.2) is 0 Å². The molecule has 0 bridgehead atoms. The van der Waals surface area contributed by atoms with Crippen molar-refractivity contribution in [1.82, 2.24) is 4.72 Å². The summed E-state index contributed by atoms with van der Waals surface area (Å²) in [7, 11) is -2.63. The molecule has 25 heavy (non-hydrogen) atoms. The molecule has 0 unspecified atom stereocenters. The van der Waals surface area contributed by atoms with Gasteiger partial charge in [-0.1, -0.05) is 23.7 Å². The summed E-state index contributed by atoms with van der Waals surface area (Å²) in [6.07, 6.45) is 0. The van der Waals surface area contributed by atoms with Gasteiger partial charge in [0.1, 0.15) is 0 Å². The first-order valence-electron chi connectivity index (χ1n) is 7.06. The van der Waals surface area contributed by atoms with Crippen molar-refractivity contribution >= 4 is 39.2 Å². The number of amides is 1. The van der Waals surface area contributed by atoms with E-state index in [1.54, 1.807) is 12.1 Å². The highest BCUT2D eigenvalue weighted by atomic mass is 35.5. The number of para-hydroxylation sites is 1. The summed E-state index contributed by atoms with van der Waals surface area (Å²) in [5.41, 5.74) is 0.393. The lowest BCUT2D eigenvalue weighted by atomic mass is 10.2. The second-order valence-corrected chi connectivity index (χ2v) is 7.07. The van der Waals surface area contributed by atoms with E-state index in [0.717, 1.165) is 0 Å². The quantitative estimate of drug-likeness (QED) is 0.744. The Bertz CT molecular complexity index is 882. The Morgan fingerprint density at radius 3 is 2.36 bits per heavy atom. The van der Waals surface area contributed by atoms with E-state index in [0.29, 0.717) is 5.02 Å². The van der Waals surface area contributed by atoms with Crippen LogP contribution in [0.1, 0.15) is 10.4 Å². The average Bonchev–Trinajstić information content (AvgIpc) is 2.60. The Hall–Kier alpha value is -2.42. The largest absolute Gasteiger partial charge is 0.465 e. The smallest absolute Gasteiger partial charge is 0.339 e. The summed E-state index contributed by atoms with van der Waals surface area (Å²) in [6, 6.07) is 11.8. The number of carbonyl (C=O) groups is 2. The minimum atomic E-state index is -3.86. The van der Waals surface area contributed by atoms with Crippen molar-refractivity contribution in [3.63, 3.8) is 0 Å². The van der Waals surface area contributed by atoms with Crippen molar-refractivity contribution in [1.29, 1.82) is 0 Å². The summed E-state index contributed by atoms with van der Waals surface area (Å²) in [4.78, 5) is 23.6. The molecule has 0 aromatic heterocycles. The Labute approximate surface area is 150 Å². The molecule has 132 valence electrons. The highest BCUT2D eigenvalue weighted by Crippen LogP contribution is 2.16. The molecule has 0 aliphatic heterocycles. The van der Waals surface area contributed by atoms with Crippen molar-refractivity contribution < 1.29 is 22.7 Å². The zero-order valence-electron chi connectivity index (χ0n) is 13.2. The minimum Gasteiger partial charge on any atom is -0.465 e. The van der Waals surface area contributed by atoms with Crippen molar-refractivity contribution in [2.24, 2.45) is 0 Å². The number of benzene rings is 2. The van der Waals surface area contributed by atoms with Crippen LogP contribution in [0.5, 0.6) is 0 Å². The third-order valence-electron chi connectivity index (χ3n) is 3.15. The summed E-state index contributed by atoms with van der Waals surface area (Å²) in [5, 5.41) is 2.87. The van der Waals surface area contributed by atoms with E-state index in [1.165, 1.54) is 43.5 Å². The SMILES string of the molecule is COC(=O)c1ccccc1NC(=O)CNS(=O)(=O)c1ccc(Cl)cc1. The van der Waals surface area contributed by atoms with Crippen LogP contribution in [0, 0.1) is 0 Å². The van der Waals surface area contributed by atoms with E-state index in [2.05, 4.69) is 14.8 Å². The molecule has 0 fully saturated rings. The lowest BCUT2D eigenvalue weighted by Crippen LogP contribution is -2.33. The molecule has 2 aromatic rings. The fourth-order valence-electron chi connectivity index (χ4n) is 1.93. The fraction of sp³-hybridized carbons (Fsp3) is 0.125. The van der Waals surface area contributed by atoms with E-state index in [-0.39, 0.29) is 16.1 Å². The van der Waals surface area contributed by atoms with Crippen LogP contribution in [0.4, 0.5) is 5.69 Å². The lowest BCUT2D eigenvalue weighted by molar-refractivity contribution is -0.115. The molecule has 0 aliphatic carbocycles. The molecule has 1 amide bonds. The topological polar surface area (TPSA) is 102 Å². The van der Waals surface area contributed by atoms with Crippen LogP contribution in [0.2, 0.25) is 5.02 Å². The molecule has 2 rings (SSSR count). The number of hydrogen-bond donors (Lipinski definition) is 2. The molecule has 2 N–H and O–H groups in total. The number of anilines is 1. The van der Waals surface area contributed by atoms with Crippen molar-refractivity contribution in [2.75, 3.05) is 19.0 Å². The van der Waals surface area contributed by atoms with Gasteiger partial charge in [-0.05, 0) is 36.4 Å². The third kappa shape index (κ3) is 5.02. The van der Waals surface area contributed by atoms with Crippen LogP contribution >= 0.6 is 11.6 Å². The number of halogens is 1. The van der Waals surface area contributed by atoms with Crippen molar-refractivity contribution in [3.05, 3.63) is 59.1 Å². The maximum Gasteiger partial charge on any atom is 0.339 e. The zero-order chi connectivity index (χ0) is 18.4. The zero-order valence-corrected chi connectivity index (χ0v) is 14.7. The van der Waals surface area contributed by atoms with Crippen LogP contribution < -0.4 is 10.0 Å². The molecule has 0 atom stereocenters. The standard InChI is InChI=1S/C16H15ClN2O5S/c1-24-16(21)13-4-2-3-5-14(13)19-15(20)10-18-25(22,23)12-8-6-11(17)7-9-12/h2-9,18H,10H2,1H3,(H,19,20). The molecule has 0 radical (unpaired) electrons. The monoisotopic (exact) mass is 382 g/mol. The van der Waals surface area contributed by atoms with Crippen molar-refractivity contribution in [3.8, 4) is 0 Å². The van der Waals surface area contributed by atoms with Crippen molar-refractivity contribution in [2.45, 2.75) is 4.90 Å². The predicted molar refractivity (Wildman–Crippen MR) is 93.1 cm³/mol. The average molecular weight is 383 g/mol.